The Kier molecular flexibility index (Phi) is 10.6. The van der Waals surface area contributed by atoms with Gasteiger partial charge in [-0.15, -0.1) is 0 Å². The van der Waals surface area contributed by atoms with Gasteiger partial charge in [-0.3, -0.25) is 0 Å². The largest absolute Gasteiger partial charge is 1.00 e. The fourth-order valence-electron chi connectivity index (χ4n) is 0. The molecule has 7 heteroatoms. The predicted octanol–water partition coefficient (Wildman–Crippen LogP) is -8.18. The van der Waals surface area contributed by atoms with E-state index in [4.69, 9.17) is 15.8 Å². The molecule has 0 heterocycles. The fraction of sp³-hybridized carbons (Fsp3) is 0. The van der Waals surface area contributed by atoms with Gasteiger partial charge in [-0.2, -0.15) is 0 Å². The number of hydrogen-bond donors (Lipinski definition) is 1. The summed E-state index contributed by atoms with van der Waals surface area (Å²) in [6, 6.07) is 0. The van der Waals surface area contributed by atoms with Gasteiger partial charge in [0.05, 0.1) is 7.82 Å². The van der Waals surface area contributed by atoms with Crippen molar-refractivity contribution in [1.29, 1.82) is 1.43 Å². The Labute approximate surface area is 86.6 Å². The summed E-state index contributed by atoms with van der Waals surface area (Å²) in [4.78, 5) is 20.8. The third-order valence-corrected chi connectivity index (χ3v) is 0. The van der Waals surface area contributed by atoms with Crippen LogP contribution in [0.25, 0.3) is 0 Å². The molecule has 0 rings (SSSR count). The second-order valence-electron chi connectivity index (χ2n) is 0.447. The van der Waals surface area contributed by atoms with E-state index >= 15 is 0 Å². The summed E-state index contributed by atoms with van der Waals surface area (Å²) in [6.45, 7) is 0. The third-order valence-electron chi connectivity index (χ3n) is 0. The van der Waals surface area contributed by atoms with Gasteiger partial charge in [-0.25, -0.2) is 0 Å². The van der Waals surface area contributed by atoms with Crippen molar-refractivity contribution in [2.75, 3.05) is 0 Å². The summed E-state index contributed by atoms with van der Waals surface area (Å²) in [6.07, 6.45) is 0. The summed E-state index contributed by atoms with van der Waals surface area (Å²) < 4.78 is 14.5. The first-order valence-corrected chi connectivity index (χ1v) is 2.19. The zero-order valence-electron chi connectivity index (χ0n) is 5.08. The number of hydrogen-bond acceptors (Lipinski definition) is 4. The maximum absolute atomic E-state index is 9.06. The number of phosphoric acid groups is 1. The van der Waals surface area contributed by atoms with E-state index in [1.165, 1.54) is 0 Å². The van der Waals surface area contributed by atoms with E-state index in [-0.39, 0.29) is 59.1 Å². The van der Waals surface area contributed by atoms with Crippen LogP contribution < -0.4 is 68.9 Å². The SMILES string of the molecule is [2H]OP(=O)([O-])[O-].[Na+].[Na+]. The first kappa shape index (κ1) is 11.9. The molecule has 0 aromatic carbocycles. The summed E-state index contributed by atoms with van der Waals surface area (Å²) in [5.74, 6) is 0. The van der Waals surface area contributed by atoms with Crippen LogP contribution in [-0.4, -0.2) is 6.33 Å². The van der Waals surface area contributed by atoms with Crippen molar-refractivity contribution in [2.45, 2.75) is 0 Å². The molecule has 4 nitrogen and oxygen atoms in total. The van der Waals surface area contributed by atoms with Crippen LogP contribution in [0, 0.1) is 0 Å². The van der Waals surface area contributed by atoms with Gasteiger partial charge in [0.1, 0.15) is 0 Å². The predicted molar refractivity (Wildman–Crippen MR) is 9.83 cm³/mol. The standard InChI is InChI=1S/2Na.H3O4P/c;;1-5(2,3)4/h;;(H3,1,2,3,4)/q2*+1;/p-2/i/hD. The van der Waals surface area contributed by atoms with Crippen molar-refractivity contribution in [3.8, 4) is 0 Å². The first-order valence-electron chi connectivity index (χ1n) is 1.14. The van der Waals surface area contributed by atoms with Crippen LogP contribution in [0.2, 0.25) is 0 Å². The zero-order chi connectivity index (χ0) is 5.21. The summed E-state index contributed by atoms with van der Waals surface area (Å²) in [5, 5.41) is 0. The minimum absolute atomic E-state index is 0. The zero-order valence-corrected chi connectivity index (χ0v) is 8.97. The molecular weight excluding hydrogens is 141 g/mol. The maximum Gasteiger partial charge on any atom is 1.00 e. The molecule has 0 saturated heterocycles. The molecule has 7 heavy (non-hydrogen) atoms. The van der Waals surface area contributed by atoms with Crippen molar-refractivity contribution in [1.82, 2.24) is 0 Å². The minimum atomic E-state index is -4.98. The molecule has 0 aromatic heterocycles. The van der Waals surface area contributed by atoms with Gasteiger partial charge < -0.3 is 19.2 Å². The van der Waals surface area contributed by atoms with Gasteiger partial charge in [0, 0.05) is 0 Å². The van der Waals surface area contributed by atoms with Gasteiger partial charge in [-0.1, -0.05) is 0 Å². The molecule has 0 aliphatic heterocycles. The molecule has 0 atom stereocenters. The Morgan fingerprint density at radius 3 is 1.71 bits per heavy atom. The van der Waals surface area contributed by atoms with Crippen LogP contribution >= 0.6 is 7.82 Å². The van der Waals surface area contributed by atoms with Crippen LogP contribution in [-0.2, 0) is 4.57 Å². The van der Waals surface area contributed by atoms with Crippen molar-refractivity contribution >= 4 is 7.82 Å². The first-order chi connectivity index (χ1) is 2.56. The smallest absolute Gasteiger partial charge is 0.790 e. The molecule has 0 unspecified atom stereocenters. The summed E-state index contributed by atoms with van der Waals surface area (Å²) in [5.41, 5.74) is 0. The quantitative estimate of drug-likeness (QED) is 0.292. The minimum Gasteiger partial charge on any atom is -0.790 e. The second-order valence-corrected chi connectivity index (χ2v) is 1.34. The monoisotopic (exact) mass is 143 g/mol. The van der Waals surface area contributed by atoms with Crippen LogP contribution in [0.15, 0.2) is 0 Å². The Balaban J connectivity index is -0.000000125. The molecule has 0 fully saturated rings. The van der Waals surface area contributed by atoms with Crippen molar-refractivity contribution in [3.63, 3.8) is 0 Å². The van der Waals surface area contributed by atoms with E-state index in [9.17, 15) is 0 Å². The molecule has 0 radical (unpaired) electrons. The normalized spacial score (nSPS) is 10.3. The van der Waals surface area contributed by atoms with Gasteiger partial charge in [0.25, 0.3) is 0 Å². The van der Waals surface area contributed by atoms with Crippen molar-refractivity contribution in [2.24, 2.45) is 0 Å². The van der Waals surface area contributed by atoms with Crippen molar-refractivity contribution < 1.29 is 78.4 Å². The fourth-order valence-corrected chi connectivity index (χ4v) is 0. The van der Waals surface area contributed by atoms with Crippen LogP contribution in [0.3, 0.4) is 0 Å². The Morgan fingerprint density at radius 2 is 1.71 bits per heavy atom. The molecule has 0 bridgehead atoms. The Morgan fingerprint density at radius 1 is 1.57 bits per heavy atom. The molecule has 1 N–H and O–H groups in total. The van der Waals surface area contributed by atoms with E-state index < -0.39 is 7.82 Å². The summed E-state index contributed by atoms with van der Waals surface area (Å²) >= 11 is 0. The average molecular weight is 143 g/mol. The molecule has 32 valence electrons. The Bertz CT molecular complexity index is 78.1. The topological polar surface area (TPSA) is 83.4 Å². The van der Waals surface area contributed by atoms with Crippen LogP contribution in [0.5, 0.6) is 0 Å². The average Bonchev–Trinajstić information content (AvgIpc) is 1.35. The van der Waals surface area contributed by atoms with E-state index in [0.29, 0.717) is 0 Å². The van der Waals surface area contributed by atoms with Crippen LogP contribution in [0.1, 0.15) is 0 Å². The summed E-state index contributed by atoms with van der Waals surface area (Å²) in [7, 11) is -4.98. The Hall–Kier alpha value is 2.11. The molecule has 0 aliphatic carbocycles. The third kappa shape index (κ3) is 68.0. The van der Waals surface area contributed by atoms with E-state index in [0.717, 1.165) is 0 Å². The van der Waals surface area contributed by atoms with E-state index in [2.05, 4.69) is 4.90 Å². The van der Waals surface area contributed by atoms with Gasteiger partial charge in [0.2, 0.25) is 1.43 Å². The maximum atomic E-state index is 9.06. The molecule has 0 aliphatic rings. The van der Waals surface area contributed by atoms with Crippen molar-refractivity contribution in [3.05, 3.63) is 0 Å². The van der Waals surface area contributed by atoms with Gasteiger partial charge in [-0.05, 0) is 0 Å². The molecule has 0 amide bonds. The molecule has 0 aromatic rings. The molecule has 0 spiro atoms. The molecular formula is HNa2O4P. The van der Waals surface area contributed by atoms with Crippen LogP contribution in [0.4, 0.5) is 0 Å². The van der Waals surface area contributed by atoms with Gasteiger partial charge >= 0.3 is 59.1 Å². The second kappa shape index (κ2) is 6.23. The van der Waals surface area contributed by atoms with E-state index in [1.54, 1.807) is 0 Å². The molecule has 0 saturated carbocycles. The number of rotatable bonds is 1. The van der Waals surface area contributed by atoms with E-state index in [1.807, 2.05) is 0 Å². The van der Waals surface area contributed by atoms with Gasteiger partial charge in [0.15, 0.2) is 0 Å².